The van der Waals surface area contributed by atoms with Gasteiger partial charge >= 0.3 is 0 Å². The first kappa shape index (κ1) is 16.3. The van der Waals surface area contributed by atoms with Crippen molar-refractivity contribution in [2.24, 2.45) is 0 Å². The molecule has 2 N–H and O–H groups in total. The van der Waals surface area contributed by atoms with E-state index in [1.54, 1.807) is 11.8 Å². The van der Waals surface area contributed by atoms with Crippen LogP contribution in [0.4, 0.5) is 4.39 Å². The molecule has 0 aromatic heterocycles. The molecule has 0 radical (unpaired) electrons. The Bertz CT molecular complexity index is 425. The Morgan fingerprint density at radius 3 is 2.89 bits per heavy atom. The summed E-state index contributed by atoms with van der Waals surface area (Å²) in [5.41, 5.74) is 0.590. The third-order valence-corrected chi connectivity index (χ3v) is 3.66. The molecule has 1 unspecified atom stereocenters. The molecular formula is C13H17ClFNO2S. The first-order valence-electron chi connectivity index (χ1n) is 5.90. The Morgan fingerprint density at radius 2 is 2.32 bits per heavy atom. The lowest BCUT2D eigenvalue weighted by molar-refractivity contribution is -0.121. The zero-order valence-corrected chi connectivity index (χ0v) is 12.2. The molecule has 19 heavy (non-hydrogen) atoms. The van der Waals surface area contributed by atoms with E-state index < -0.39 is 5.82 Å². The molecule has 1 aromatic rings. The monoisotopic (exact) mass is 305 g/mol. The van der Waals surface area contributed by atoms with Gasteiger partial charge in [-0.25, -0.2) is 4.39 Å². The fourth-order valence-corrected chi connectivity index (χ4v) is 2.56. The quantitative estimate of drug-likeness (QED) is 0.812. The highest BCUT2D eigenvalue weighted by Crippen LogP contribution is 2.17. The minimum Gasteiger partial charge on any atom is -0.396 e. The number of amides is 1. The molecule has 0 spiro atoms. The largest absolute Gasteiger partial charge is 0.396 e. The molecule has 3 nitrogen and oxygen atoms in total. The van der Waals surface area contributed by atoms with E-state index in [0.717, 1.165) is 5.75 Å². The minimum atomic E-state index is -0.422. The average molecular weight is 306 g/mol. The van der Waals surface area contributed by atoms with Gasteiger partial charge in [0, 0.05) is 23.4 Å². The van der Waals surface area contributed by atoms with Crippen molar-refractivity contribution in [2.45, 2.75) is 18.9 Å². The van der Waals surface area contributed by atoms with Crippen LogP contribution in [0.1, 0.15) is 12.0 Å². The van der Waals surface area contributed by atoms with Gasteiger partial charge in [0.15, 0.2) is 0 Å². The maximum Gasteiger partial charge on any atom is 0.224 e. The van der Waals surface area contributed by atoms with Crippen LogP contribution in [0.25, 0.3) is 0 Å². The second-order valence-electron chi connectivity index (χ2n) is 4.14. The fourth-order valence-electron chi connectivity index (χ4n) is 1.67. The molecule has 0 saturated heterocycles. The van der Waals surface area contributed by atoms with Gasteiger partial charge in [0.05, 0.1) is 6.42 Å². The van der Waals surface area contributed by atoms with Gasteiger partial charge in [-0.3, -0.25) is 4.79 Å². The van der Waals surface area contributed by atoms with Gasteiger partial charge in [-0.15, -0.1) is 0 Å². The number of nitrogens with one attached hydrogen (secondary N) is 1. The van der Waals surface area contributed by atoms with Gasteiger partial charge in [-0.1, -0.05) is 17.7 Å². The number of rotatable bonds is 7. The highest BCUT2D eigenvalue weighted by Gasteiger charge is 2.13. The third-order valence-electron chi connectivity index (χ3n) is 2.58. The highest BCUT2D eigenvalue weighted by atomic mass is 35.5. The molecule has 0 aliphatic carbocycles. The van der Waals surface area contributed by atoms with Crippen LogP contribution < -0.4 is 5.32 Å². The van der Waals surface area contributed by atoms with Gasteiger partial charge < -0.3 is 10.4 Å². The number of hydrogen-bond acceptors (Lipinski definition) is 3. The zero-order chi connectivity index (χ0) is 14.3. The van der Waals surface area contributed by atoms with E-state index in [-0.39, 0.29) is 30.0 Å². The molecular weight excluding hydrogens is 289 g/mol. The topological polar surface area (TPSA) is 49.3 Å². The molecule has 0 aliphatic heterocycles. The predicted molar refractivity (Wildman–Crippen MR) is 77.1 cm³/mol. The van der Waals surface area contributed by atoms with Crippen LogP contribution in [0.15, 0.2) is 18.2 Å². The molecule has 0 fully saturated rings. The third kappa shape index (κ3) is 5.80. The maximum absolute atomic E-state index is 12.9. The molecule has 106 valence electrons. The summed E-state index contributed by atoms with van der Waals surface area (Å²) in [5, 5.41) is 12.0. The Labute approximate surface area is 121 Å². The lowest BCUT2D eigenvalue weighted by atomic mass is 10.1. The van der Waals surface area contributed by atoms with E-state index in [9.17, 15) is 9.18 Å². The van der Waals surface area contributed by atoms with Gasteiger partial charge in [0.1, 0.15) is 5.82 Å². The smallest absolute Gasteiger partial charge is 0.224 e. The van der Waals surface area contributed by atoms with Crippen LogP contribution in [-0.2, 0) is 11.2 Å². The normalized spacial score (nSPS) is 12.2. The van der Waals surface area contributed by atoms with E-state index in [2.05, 4.69) is 5.32 Å². The minimum absolute atomic E-state index is 0.0306. The molecule has 1 atom stereocenters. The van der Waals surface area contributed by atoms with Crippen LogP contribution >= 0.6 is 23.4 Å². The van der Waals surface area contributed by atoms with Crippen LogP contribution in [0.3, 0.4) is 0 Å². The fraction of sp³-hybridized carbons (Fsp3) is 0.462. The van der Waals surface area contributed by atoms with E-state index in [4.69, 9.17) is 16.7 Å². The molecule has 0 bridgehead atoms. The Morgan fingerprint density at radius 1 is 1.58 bits per heavy atom. The standard InChI is InChI=1S/C13H17ClFNO2S/c1-19-8-11(4-5-17)16-13(18)6-9-2-3-10(15)7-12(9)14/h2-3,7,11,17H,4-6,8H2,1H3,(H,16,18). The van der Waals surface area contributed by atoms with Crippen molar-refractivity contribution in [1.29, 1.82) is 0 Å². The highest BCUT2D eigenvalue weighted by molar-refractivity contribution is 7.98. The lowest BCUT2D eigenvalue weighted by Gasteiger charge is -2.16. The summed E-state index contributed by atoms with van der Waals surface area (Å²) in [7, 11) is 0. The molecule has 1 rings (SSSR count). The average Bonchev–Trinajstić information content (AvgIpc) is 2.33. The van der Waals surface area contributed by atoms with Crippen molar-refractivity contribution >= 4 is 29.3 Å². The van der Waals surface area contributed by atoms with Crippen LogP contribution in [0.2, 0.25) is 5.02 Å². The predicted octanol–water partition coefficient (Wildman–Crippen LogP) is 2.25. The van der Waals surface area contributed by atoms with Crippen molar-refractivity contribution in [2.75, 3.05) is 18.6 Å². The summed E-state index contributed by atoms with van der Waals surface area (Å²) in [6.45, 7) is 0.0306. The molecule has 0 heterocycles. The van der Waals surface area contributed by atoms with E-state index in [0.29, 0.717) is 12.0 Å². The SMILES string of the molecule is CSCC(CCO)NC(=O)Cc1ccc(F)cc1Cl. The number of hydrogen-bond donors (Lipinski definition) is 2. The Kier molecular flexibility index (Phi) is 7.20. The van der Waals surface area contributed by atoms with Gasteiger partial charge in [-0.05, 0) is 30.4 Å². The first-order chi connectivity index (χ1) is 9.06. The van der Waals surface area contributed by atoms with E-state index in [1.807, 2.05) is 6.26 Å². The molecule has 0 aliphatic rings. The van der Waals surface area contributed by atoms with Crippen LogP contribution in [0, 0.1) is 5.82 Å². The molecule has 0 saturated carbocycles. The Balaban J connectivity index is 2.58. The summed E-state index contributed by atoms with van der Waals surface area (Å²) in [4.78, 5) is 11.9. The summed E-state index contributed by atoms with van der Waals surface area (Å²) >= 11 is 7.47. The first-order valence-corrected chi connectivity index (χ1v) is 7.67. The number of halogens is 2. The molecule has 1 aromatic carbocycles. The second kappa shape index (κ2) is 8.40. The number of thioether (sulfide) groups is 1. The number of aliphatic hydroxyl groups is 1. The number of carbonyl (C=O) groups excluding carboxylic acids is 1. The van der Waals surface area contributed by atoms with Crippen molar-refractivity contribution in [3.63, 3.8) is 0 Å². The summed E-state index contributed by atoms with van der Waals surface area (Å²) in [6.07, 6.45) is 2.56. The van der Waals surface area contributed by atoms with Crippen LogP contribution in [0.5, 0.6) is 0 Å². The van der Waals surface area contributed by atoms with Gasteiger partial charge in [0.2, 0.25) is 5.91 Å². The van der Waals surface area contributed by atoms with Crippen molar-refractivity contribution < 1.29 is 14.3 Å². The van der Waals surface area contributed by atoms with Gasteiger partial charge in [0.25, 0.3) is 0 Å². The van der Waals surface area contributed by atoms with E-state index >= 15 is 0 Å². The van der Waals surface area contributed by atoms with Crippen molar-refractivity contribution in [3.8, 4) is 0 Å². The summed E-state index contributed by atoms with van der Waals surface area (Å²) in [6, 6.07) is 3.91. The second-order valence-corrected chi connectivity index (χ2v) is 5.46. The van der Waals surface area contributed by atoms with Crippen LogP contribution in [-0.4, -0.2) is 35.7 Å². The molecule has 6 heteroatoms. The van der Waals surface area contributed by atoms with Gasteiger partial charge in [-0.2, -0.15) is 11.8 Å². The number of benzene rings is 1. The zero-order valence-electron chi connectivity index (χ0n) is 10.7. The van der Waals surface area contributed by atoms with Crippen molar-refractivity contribution in [3.05, 3.63) is 34.6 Å². The Hall–Kier alpha value is -0.780. The van der Waals surface area contributed by atoms with Crippen molar-refractivity contribution in [1.82, 2.24) is 5.32 Å². The summed E-state index contributed by atoms with van der Waals surface area (Å²) in [5.74, 6) is 0.138. The molecule has 1 amide bonds. The number of carbonyl (C=O) groups is 1. The summed E-state index contributed by atoms with van der Waals surface area (Å²) < 4.78 is 12.9. The lowest BCUT2D eigenvalue weighted by Crippen LogP contribution is -2.38. The van der Waals surface area contributed by atoms with E-state index in [1.165, 1.54) is 18.2 Å². The number of aliphatic hydroxyl groups excluding tert-OH is 1. The maximum atomic E-state index is 12.9.